The Hall–Kier alpha value is -4.12. The molecule has 1 heterocycles. The molecule has 0 spiro atoms. The van der Waals surface area contributed by atoms with Crippen LogP contribution in [0.2, 0.25) is 5.02 Å². The van der Waals surface area contributed by atoms with E-state index in [1.165, 1.54) is 47.5 Å². The molecule has 0 fully saturated rings. The molecule has 0 saturated heterocycles. The van der Waals surface area contributed by atoms with Crippen molar-refractivity contribution in [1.82, 2.24) is 15.6 Å². The molecule has 4 aromatic rings. The first kappa shape index (κ1) is 26.0. The molecule has 11 heteroatoms. The molecule has 0 radical (unpaired) electrons. The number of carbonyl (C=O) groups is 2. The number of halogens is 3. The summed E-state index contributed by atoms with van der Waals surface area (Å²) in [5.74, 6) is -3.37. The third kappa shape index (κ3) is 6.56. The molecule has 3 N–H and O–H groups in total. The van der Waals surface area contributed by atoms with E-state index in [0.29, 0.717) is 27.3 Å². The second-order valence-corrected chi connectivity index (χ2v) is 8.52. The Morgan fingerprint density at radius 1 is 1.03 bits per heavy atom. The molecule has 0 saturated carbocycles. The van der Waals surface area contributed by atoms with Crippen LogP contribution >= 0.6 is 11.6 Å². The minimum atomic E-state index is -1.79. The number of carbonyl (C=O) groups excluding carboxylic acids is 1. The van der Waals surface area contributed by atoms with E-state index in [9.17, 15) is 23.5 Å². The molecular weight excluding hydrogens is 508 g/mol. The van der Waals surface area contributed by atoms with Crippen molar-refractivity contribution >= 4 is 23.5 Å². The summed E-state index contributed by atoms with van der Waals surface area (Å²) in [4.78, 5) is 24.0. The predicted octanol–water partition coefficient (Wildman–Crippen LogP) is 4.53. The van der Waals surface area contributed by atoms with Gasteiger partial charge in [0.05, 0.1) is 6.54 Å². The lowest BCUT2D eigenvalue weighted by Crippen LogP contribution is -2.47. The van der Waals surface area contributed by atoms with E-state index < -0.39 is 36.2 Å². The molecule has 8 nitrogen and oxygen atoms in total. The Morgan fingerprint density at radius 3 is 2.49 bits per heavy atom. The van der Waals surface area contributed by atoms with Gasteiger partial charge in [0, 0.05) is 28.8 Å². The van der Waals surface area contributed by atoms with Crippen molar-refractivity contribution in [2.45, 2.75) is 12.6 Å². The van der Waals surface area contributed by atoms with Gasteiger partial charge in [0.15, 0.2) is 6.10 Å². The Bertz CT molecular complexity index is 1430. The van der Waals surface area contributed by atoms with E-state index in [0.717, 1.165) is 0 Å². The normalized spacial score (nSPS) is 11.9. The molecule has 0 unspecified atom stereocenters. The molecule has 190 valence electrons. The fourth-order valence-corrected chi connectivity index (χ4v) is 3.70. The molecule has 1 atom stereocenters. The van der Waals surface area contributed by atoms with Crippen molar-refractivity contribution in [3.63, 3.8) is 0 Å². The molecule has 0 aliphatic rings. The number of aliphatic carboxylic acids is 1. The smallest absolute Gasteiger partial charge is 0.333 e. The van der Waals surface area contributed by atoms with Gasteiger partial charge >= 0.3 is 11.9 Å². The number of nitrogens with zero attached hydrogens (tertiary/aromatic N) is 2. The van der Waals surface area contributed by atoms with E-state index in [-0.39, 0.29) is 18.0 Å². The quantitative estimate of drug-likeness (QED) is 0.274. The lowest BCUT2D eigenvalue weighted by atomic mass is 10.0. The van der Waals surface area contributed by atoms with Crippen LogP contribution in [0.4, 0.5) is 8.78 Å². The zero-order valence-corrected chi connectivity index (χ0v) is 19.8. The Labute approximate surface area is 214 Å². The summed E-state index contributed by atoms with van der Waals surface area (Å²) in [6.45, 7) is -0.448. The summed E-state index contributed by atoms with van der Waals surface area (Å²) >= 11 is 5.97. The number of amides is 1. The summed E-state index contributed by atoms with van der Waals surface area (Å²) in [5.41, 5.74) is 4.62. The summed E-state index contributed by atoms with van der Waals surface area (Å²) in [6.07, 6.45) is -1.79. The highest BCUT2D eigenvalue weighted by Gasteiger charge is 2.22. The van der Waals surface area contributed by atoms with Gasteiger partial charge in [-0.3, -0.25) is 10.2 Å². The number of hydrazine groups is 1. The number of hydrogen-bond donors (Lipinski definition) is 3. The maximum absolute atomic E-state index is 14.2. The van der Waals surface area contributed by atoms with Gasteiger partial charge in [0.1, 0.15) is 17.3 Å². The first-order valence-electron chi connectivity index (χ1n) is 10.9. The molecule has 4 rings (SSSR count). The molecule has 0 bridgehead atoms. The van der Waals surface area contributed by atoms with Crippen molar-refractivity contribution in [2.24, 2.45) is 0 Å². The highest BCUT2D eigenvalue weighted by Crippen LogP contribution is 2.26. The van der Waals surface area contributed by atoms with Gasteiger partial charge in [0.2, 0.25) is 5.76 Å². The number of aromatic nitrogens is 1. The fraction of sp³-hybridized carbons (Fsp3) is 0.115. The maximum atomic E-state index is 14.2. The highest BCUT2D eigenvalue weighted by molar-refractivity contribution is 6.30. The lowest BCUT2D eigenvalue weighted by molar-refractivity contribution is -0.148. The van der Waals surface area contributed by atoms with Crippen molar-refractivity contribution in [3.05, 3.63) is 101 Å². The average Bonchev–Trinajstić information content (AvgIpc) is 3.37. The van der Waals surface area contributed by atoms with Gasteiger partial charge in [0.25, 0.3) is 0 Å². The van der Waals surface area contributed by atoms with Crippen molar-refractivity contribution in [2.75, 3.05) is 6.54 Å². The second-order valence-electron chi connectivity index (χ2n) is 8.08. The van der Waals surface area contributed by atoms with Crippen LogP contribution in [0, 0.1) is 11.6 Å². The number of hydrogen-bond acceptors (Lipinski definition) is 6. The molecule has 0 aliphatic heterocycles. The average molecular weight is 528 g/mol. The molecular formula is C26H20ClF2N3O5. The van der Waals surface area contributed by atoms with E-state index >= 15 is 0 Å². The molecule has 1 amide bonds. The van der Waals surface area contributed by atoms with Gasteiger partial charge in [-0.15, -0.1) is 0 Å². The van der Waals surface area contributed by atoms with Crippen LogP contribution in [0.15, 0.2) is 77.3 Å². The molecule has 3 aromatic carbocycles. The topological polar surface area (TPSA) is 116 Å². The standard InChI is InChI=1S/C26H20ClF2N3O5/c27-18-8-9-21(29)20(11-18)16-6-4-15(5-7-16)13-32(14-23(33)26(35)36)30-25(34)24-12-22(31-37-24)17-2-1-3-19(28)10-17/h1-12,23,33H,13-14H2,(H,30,34)(H,35,36)/t23-/m1/s1. The van der Waals surface area contributed by atoms with Gasteiger partial charge in [-0.1, -0.05) is 53.2 Å². The zero-order valence-electron chi connectivity index (χ0n) is 19.1. The predicted molar refractivity (Wildman–Crippen MR) is 130 cm³/mol. The van der Waals surface area contributed by atoms with E-state index in [1.54, 1.807) is 30.3 Å². The summed E-state index contributed by atoms with van der Waals surface area (Å²) in [5, 5.41) is 24.3. The minimum absolute atomic E-state index is 0.000715. The van der Waals surface area contributed by atoms with Crippen LogP contribution in [-0.2, 0) is 11.3 Å². The number of aliphatic hydroxyl groups is 1. The molecule has 1 aromatic heterocycles. The van der Waals surface area contributed by atoms with Crippen LogP contribution in [0.1, 0.15) is 16.1 Å². The monoisotopic (exact) mass is 527 g/mol. The lowest BCUT2D eigenvalue weighted by Gasteiger charge is -2.24. The van der Waals surface area contributed by atoms with Crippen molar-refractivity contribution < 1.29 is 33.1 Å². The Morgan fingerprint density at radius 2 is 1.78 bits per heavy atom. The molecule has 37 heavy (non-hydrogen) atoms. The summed E-state index contributed by atoms with van der Waals surface area (Å²) < 4.78 is 32.8. The third-order valence-electron chi connectivity index (χ3n) is 5.36. The van der Waals surface area contributed by atoms with Crippen molar-refractivity contribution in [3.8, 4) is 22.4 Å². The largest absolute Gasteiger partial charge is 0.479 e. The van der Waals surface area contributed by atoms with E-state index in [4.69, 9.17) is 21.2 Å². The van der Waals surface area contributed by atoms with E-state index in [2.05, 4.69) is 10.6 Å². The third-order valence-corrected chi connectivity index (χ3v) is 5.59. The van der Waals surface area contributed by atoms with Crippen LogP contribution in [0.25, 0.3) is 22.4 Å². The van der Waals surface area contributed by atoms with Gasteiger partial charge in [-0.2, -0.15) is 0 Å². The van der Waals surface area contributed by atoms with Gasteiger partial charge in [-0.25, -0.2) is 18.6 Å². The zero-order chi connectivity index (χ0) is 26.5. The van der Waals surface area contributed by atoms with Crippen LogP contribution in [0.3, 0.4) is 0 Å². The summed E-state index contributed by atoms with van der Waals surface area (Å²) in [6, 6.07) is 17.7. The van der Waals surface area contributed by atoms with Gasteiger partial charge < -0.3 is 14.7 Å². The minimum Gasteiger partial charge on any atom is -0.479 e. The number of benzene rings is 3. The number of carboxylic acid groups (broad SMARTS) is 1. The molecule has 0 aliphatic carbocycles. The fourth-order valence-electron chi connectivity index (χ4n) is 3.53. The Balaban J connectivity index is 1.50. The van der Waals surface area contributed by atoms with Crippen LogP contribution in [-0.4, -0.2) is 44.9 Å². The first-order valence-corrected chi connectivity index (χ1v) is 11.3. The van der Waals surface area contributed by atoms with E-state index in [1.807, 2.05) is 0 Å². The SMILES string of the molecule is O=C(NN(Cc1ccc(-c2cc(Cl)ccc2F)cc1)C[C@@H](O)C(=O)O)c1cc(-c2cccc(F)c2)no1. The summed E-state index contributed by atoms with van der Waals surface area (Å²) in [7, 11) is 0. The maximum Gasteiger partial charge on any atom is 0.333 e. The number of nitrogens with one attached hydrogen (secondary N) is 1. The van der Waals surface area contributed by atoms with Crippen LogP contribution in [0.5, 0.6) is 0 Å². The second kappa shape index (κ2) is 11.3. The highest BCUT2D eigenvalue weighted by atomic mass is 35.5. The number of carboxylic acids is 1. The Kier molecular flexibility index (Phi) is 7.92. The first-order chi connectivity index (χ1) is 17.7. The van der Waals surface area contributed by atoms with Crippen molar-refractivity contribution in [1.29, 1.82) is 0 Å². The number of rotatable bonds is 9. The van der Waals surface area contributed by atoms with Crippen LogP contribution < -0.4 is 5.43 Å². The van der Waals surface area contributed by atoms with Gasteiger partial charge in [-0.05, 0) is 41.5 Å². The number of aliphatic hydroxyl groups excluding tert-OH is 1.